The fraction of sp³-hybridized carbons (Fsp3) is 0.217. The van der Waals surface area contributed by atoms with E-state index < -0.39 is 10.2 Å². The molecule has 0 heterocycles. The predicted octanol–water partition coefficient (Wildman–Crippen LogP) is 4.99. The molecule has 0 aliphatic heterocycles. The van der Waals surface area contributed by atoms with Gasteiger partial charge in [0.25, 0.3) is 0 Å². The maximum absolute atomic E-state index is 13.2. The number of fused-ring (bicyclic) bond motifs is 2. The van der Waals surface area contributed by atoms with Crippen molar-refractivity contribution >= 4 is 38.3 Å². The molecule has 2 aromatic carbocycles. The maximum atomic E-state index is 13.2. The first-order chi connectivity index (χ1) is 12.9. The lowest BCUT2D eigenvalue weighted by Gasteiger charge is -2.45. The van der Waals surface area contributed by atoms with Gasteiger partial charge in [0.05, 0.1) is 0 Å². The van der Waals surface area contributed by atoms with E-state index in [1.807, 2.05) is 36.4 Å². The lowest BCUT2D eigenvalue weighted by Crippen LogP contribution is -2.52. The number of alkyl halides is 1. The van der Waals surface area contributed by atoms with E-state index >= 15 is 0 Å². The number of rotatable bonds is 2. The summed E-state index contributed by atoms with van der Waals surface area (Å²) in [6.07, 6.45) is 5.71. The number of hydrogen-bond donors (Lipinski definition) is 1. The highest BCUT2D eigenvalue weighted by Crippen LogP contribution is 2.55. The molecule has 27 heavy (non-hydrogen) atoms. The van der Waals surface area contributed by atoms with Crippen molar-refractivity contribution in [2.45, 2.75) is 23.6 Å². The minimum atomic E-state index is -1.05. The van der Waals surface area contributed by atoms with E-state index in [0.29, 0.717) is 12.0 Å². The lowest BCUT2D eigenvalue weighted by molar-refractivity contribution is -0.128. The standard InChI is InChI=1S/C23H19BrO3/c1-3-14-8-10-18-22(27)13(2)12-20(26)23(18,24)21(14)17-9-11-19(25)16-7-5-4-6-15(16)17/h3-9,11-12,18,21,25H,1,10H2,2H3. The van der Waals surface area contributed by atoms with Crippen LogP contribution < -0.4 is 0 Å². The van der Waals surface area contributed by atoms with Crippen LogP contribution >= 0.6 is 15.9 Å². The summed E-state index contributed by atoms with van der Waals surface area (Å²) in [4.78, 5) is 26.0. The van der Waals surface area contributed by atoms with Crippen LogP contribution in [0.4, 0.5) is 0 Å². The van der Waals surface area contributed by atoms with Crippen LogP contribution in [0, 0.1) is 5.92 Å². The van der Waals surface area contributed by atoms with Gasteiger partial charge in [0.2, 0.25) is 0 Å². The first kappa shape index (κ1) is 17.9. The minimum Gasteiger partial charge on any atom is -0.507 e. The van der Waals surface area contributed by atoms with Crippen molar-refractivity contribution in [3.63, 3.8) is 0 Å². The van der Waals surface area contributed by atoms with Crippen LogP contribution in [0.1, 0.15) is 24.8 Å². The highest BCUT2D eigenvalue weighted by Gasteiger charge is 2.56. The Labute approximate surface area is 166 Å². The summed E-state index contributed by atoms with van der Waals surface area (Å²) in [6.45, 7) is 5.63. The van der Waals surface area contributed by atoms with E-state index in [9.17, 15) is 14.7 Å². The normalized spacial score (nSPS) is 27.8. The summed E-state index contributed by atoms with van der Waals surface area (Å²) < 4.78 is -1.05. The molecule has 0 fully saturated rings. The highest BCUT2D eigenvalue weighted by molar-refractivity contribution is 9.10. The molecule has 0 saturated heterocycles. The van der Waals surface area contributed by atoms with Crippen molar-refractivity contribution in [3.8, 4) is 5.75 Å². The number of aromatic hydroxyl groups is 1. The van der Waals surface area contributed by atoms with Gasteiger partial charge in [0.15, 0.2) is 11.6 Å². The molecule has 0 radical (unpaired) electrons. The van der Waals surface area contributed by atoms with Gasteiger partial charge >= 0.3 is 0 Å². The molecule has 3 unspecified atom stereocenters. The van der Waals surface area contributed by atoms with E-state index in [1.54, 1.807) is 19.1 Å². The number of ketones is 2. The van der Waals surface area contributed by atoms with Crippen LogP contribution in [0.15, 0.2) is 72.4 Å². The van der Waals surface area contributed by atoms with Crippen LogP contribution in [-0.2, 0) is 9.59 Å². The fourth-order valence-corrected chi connectivity index (χ4v) is 5.44. The third-order valence-electron chi connectivity index (χ3n) is 5.76. The van der Waals surface area contributed by atoms with Crippen LogP contribution in [0.25, 0.3) is 10.8 Å². The molecule has 136 valence electrons. The molecule has 2 aromatic rings. The molecule has 0 spiro atoms. The van der Waals surface area contributed by atoms with Crippen molar-refractivity contribution in [2.24, 2.45) is 5.92 Å². The number of phenolic OH excluding ortho intramolecular Hbond substituents is 1. The molecular formula is C23H19BrO3. The average molecular weight is 423 g/mol. The summed E-state index contributed by atoms with van der Waals surface area (Å²) in [7, 11) is 0. The molecule has 0 amide bonds. The van der Waals surface area contributed by atoms with Gasteiger partial charge in [-0.25, -0.2) is 0 Å². The number of halogens is 1. The lowest BCUT2D eigenvalue weighted by atomic mass is 9.62. The molecule has 2 aliphatic carbocycles. The number of allylic oxidation sites excluding steroid dienone is 5. The van der Waals surface area contributed by atoms with E-state index in [0.717, 1.165) is 21.9 Å². The summed E-state index contributed by atoms with van der Waals surface area (Å²) in [5, 5.41) is 11.8. The fourth-order valence-electron chi connectivity index (χ4n) is 4.42. The Kier molecular flexibility index (Phi) is 4.19. The largest absolute Gasteiger partial charge is 0.507 e. The maximum Gasteiger partial charge on any atom is 0.174 e. The predicted molar refractivity (Wildman–Crippen MR) is 110 cm³/mol. The van der Waals surface area contributed by atoms with Gasteiger partial charge in [-0.05, 0) is 47.6 Å². The quantitative estimate of drug-likeness (QED) is 0.693. The molecule has 3 nitrogen and oxygen atoms in total. The number of phenols is 1. The van der Waals surface area contributed by atoms with Crippen LogP contribution in [0.3, 0.4) is 0 Å². The number of benzene rings is 2. The zero-order valence-corrected chi connectivity index (χ0v) is 16.5. The monoisotopic (exact) mass is 422 g/mol. The van der Waals surface area contributed by atoms with Crippen LogP contribution in [0.2, 0.25) is 0 Å². The van der Waals surface area contributed by atoms with Gasteiger partial charge < -0.3 is 5.11 Å². The number of carbonyl (C=O) groups excluding carboxylic acids is 2. The highest BCUT2D eigenvalue weighted by atomic mass is 79.9. The first-order valence-corrected chi connectivity index (χ1v) is 9.67. The second-order valence-corrected chi connectivity index (χ2v) is 8.49. The van der Waals surface area contributed by atoms with Crippen molar-refractivity contribution in [1.82, 2.24) is 0 Å². The smallest absolute Gasteiger partial charge is 0.174 e. The van der Waals surface area contributed by atoms with Crippen molar-refractivity contribution in [2.75, 3.05) is 0 Å². The average Bonchev–Trinajstić information content (AvgIpc) is 2.67. The molecule has 3 atom stereocenters. The van der Waals surface area contributed by atoms with Gasteiger partial charge in [-0.3, -0.25) is 9.59 Å². The minimum absolute atomic E-state index is 0.000999. The topological polar surface area (TPSA) is 54.4 Å². The third-order valence-corrected chi connectivity index (χ3v) is 7.16. The molecular weight excluding hydrogens is 404 g/mol. The van der Waals surface area contributed by atoms with Gasteiger partial charge in [-0.2, -0.15) is 0 Å². The molecule has 0 aromatic heterocycles. The van der Waals surface area contributed by atoms with E-state index in [4.69, 9.17) is 0 Å². The van der Waals surface area contributed by atoms with Crippen molar-refractivity contribution < 1.29 is 14.7 Å². The Balaban J connectivity index is 2.03. The van der Waals surface area contributed by atoms with E-state index in [2.05, 4.69) is 22.5 Å². The van der Waals surface area contributed by atoms with Crippen LogP contribution in [-0.4, -0.2) is 21.0 Å². The Morgan fingerprint density at radius 1 is 1.19 bits per heavy atom. The molecule has 2 aliphatic rings. The van der Waals surface area contributed by atoms with Gasteiger partial charge in [0.1, 0.15) is 10.1 Å². The van der Waals surface area contributed by atoms with Crippen molar-refractivity contribution in [3.05, 3.63) is 77.9 Å². The number of hydrogen-bond acceptors (Lipinski definition) is 3. The zero-order valence-electron chi connectivity index (χ0n) is 14.9. The van der Waals surface area contributed by atoms with E-state index in [-0.39, 0.29) is 23.2 Å². The summed E-state index contributed by atoms with van der Waals surface area (Å²) >= 11 is 3.73. The molecule has 0 saturated carbocycles. The summed E-state index contributed by atoms with van der Waals surface area (Å²) in [6, 6.07) is 11.0. The molecule has 0 bridgehead atoms. The number of carbonyl (C=O) groups is 2. The Bertz CT molecular complexity index is 1060. The second kappa shape index (κ2) is 6.31. The SMILES string of the molecule is C=CC1=CCC2C(=O)C(C)=CC(=O)C2(Br)C1c1ccc(O)c2ccccc12. The third kappa shape index (κ3) is 2.47. The van der Waals surface area contributed by atoms with Gasteiger partial charge in [-0.15, -0.1) is 0 Å². The molecule has 1 N–H and O–H groups in total. The molecule has 4 heteroatoms. The zero-order chi connectivity index (χ0) is 19.3. The Hall–Kier alpha value is -2.46. The Morgan fingerprint density at radius 2 is 1.89 bits per heavy atom. The van der Waals surface area contributed by atoms with Crippen LogP contribution in [0.5, 0.6) is 5.75 Å². The first-order valence-electron chi connectivity index (χ1n) is 8.88. The molecule has 4 rings (SSSR count). The van der Waals surface area contributed by atoms with Gasteiger partial charge in [-0.1, -0.05) is 65.0 Å². The second-order valence-electron chi connectivity index (χ2n) is 7.17. The van der Waals surface area contributed by atoms with Gasteiger partial charge in [0, 0.05) is 17.2 Å². The Morgan fingerprint density at radius 3 is 2.59 bits per heavy atom. The number of Topliss-reactive ketones (excluding diaryl/α,β-unsaturated/α-hetero) is 1. The van der Waals surface area contributed by atoms with E-state index in [1.165, 1.54) is 6.08 Å². The summed E-state index contributed by atoms with van der Waals surface area (Å²) in [5.74, 6) is -0.745. The summed E-state index contributed by atoms with van der Waals surface area (Å²) in [5.41, 5.74) is 2.31. The van der Waals surface area contributed by atoms with Crippen molar-refractivity contribution in [1.29, 1.82) is 0 Å².